The number of rotatable bonds is 5. The summed E-state index contributed by atoms with van der Waals surface area (Å²) in [6, 6.07) is 25.2. The van der Waals surface area contributed by atoms with Crippen molar-refractivity contribution < 1.29 is 9.53 Å². The molecular weight excluding hydrogens is 384 g/mol. The molecule has 0 aromatic heterocycles. The van der Waals surface area contributed by atoms with Gasteiger partial charge >= 0.3 is 6.09 Å². The third-order valence-electron chi connectivity index (χ3n) is 5.10. The number of amides is 1. The topological polar surface area (TPSA) is 41.6 Å². The van der Waals surface area contributed by atoms with Crippen LogP contribution in [0.5, 0.6) is 0 Å². The molecule has 148 valence electrons. The van der Waals surface area contributed by atoms with E-state index in [1.54, 1.807) is 0 Å². The van der Waals surface area contributed by atoms with Crippen LogP contribution < -0.4 is 10.2 Å². The number of hydrogen-bond acceptors (Lipinski definition) is 3. The molecule has 0 spiro atoms. The van der Waals surface area contributed by atoms with E-state index in [1.807, 2.05) is 54.6 Å². The number of nitrogens with zero attached hydrogens (tertiary/aromatic N) is 1. The maximum absolute atomic E-state index is 12.6. The largest absolute Gasteiger partial charge is 0.439 e. The maximum Gasteiger partial charge on any atom is 0.412 e. The number of carbonyl (C=O) groups excluding carboxylic acids is 1. The third-order valence-corrected chi connectivity index (χ3v) is 5.36. The lowest BCUT2D eigenvalue weighted by Crippen LogP contribution is -2.35. The van der Waals surface area contributed by atoms with Crippen molar-refractivity contribution in [2.45, 2.75) is 18.9 Å². The zero-order valence-corrected chi connectivity index (χ0v) is 16.8. The highest BCUT2D eigenvalue weighted by Crippen LogP contribution is 2.30. The minimum Gasteiger partial charge on any atom is -0.439 e. The summed E-state index contributed by atoms with van der Waals surface area (Å²) in [5.41, 5.74) is 4.17. The van der Waals surface area contributed by atoms with Crippen LogP contribution in [0.1, 0.15) is 23.7 Å². The Morgan fingerprint density at radius 2 is 1.72 bits per heavy atom. The van der Waals surface area contributed by atoms with Gasteiger partial charge < -0.3 is 9.64 Å². The molecule has 0 bridgehead atoms. The van der Waals surface area contributed by atoms with Crippen molar-refractivity contribution in [2.75, 3.05) is 23.3 Å². The van der Waals surface area contributed by atoms with Crippen molar-refractivity contribution in [2.24, 2.45) is 0 Å². The number of fused-ring (bicyclic) bond motifs is 1. The van der Waals surface area contributed by atoms with E-state index in [0.29, 0.717) is 17.3 Å². The summed E-state index contributed by atoms with van der Waals surface area (Å²) in [4.78, 5) is 14.9. The van der Waals surface area contributed by atoms with Crippen LogP contribution in [0.25, 0.3) is 0 Å². The van der Waals surface area contributed by atoms with E-state index in [-0.39, 0.29) is 0 Å². The summed E-state index contributed by atoms with van der Waals surface area (Å²) in [6.45, 7) is 1.52. The molecule has 1 heterocycles. The first-order valence-electron chi connectivity index (χ1n) is 9.80. The minimum absolute atomic E-state index is 0.415. The van der Waals surface area contributed by atoms with Gasteiger partial charge in [-0.25, -0.2) is 4.79 Å². The second kappa shape index (κ2) is 9.01. The van der Waals surface area contributed by atoms with E-state index in [0.717, 1.165) is 24.9 Å². The second-order valence-electron chi connectivity index (χ2n) is 7.11. The fourth-order valence-electron chi connectivity index (χ4n) is 3.69. The number of carbonyl (C=O) groups is 1. The van der Waals surface area contributed by atoms with E-state index >= 15 is 0 Å². The summed E-state index contributed by atoms with van der Waals surface area (Å²) < 4.78 is 5.86. The summed E-state index contributed by atoms with van der Waals surface area (Å²) in [6.07, 6.45) is 1.28. The molecule has 1 aliphatic heterocycles. The van der Waals surface area contributed by atoms with Gasteiger partial charge in [-0.15, -0.1) is 0 Å². The molecule has 0 fully saturated rings. The Balaban J connectivity index is 1.54. The monoisotopic (exact) mass is 406 g/mol. The van der Waals surface area contributed by atoms with Gasteiger partial charge in [0.25, 0.3) is 0 Å². The molecule has 29 heavy (non-hydrogen) atoms. The van der Waals surface area contributed by atoms with E-state index < -0.39 is 12.2 Å². The van der Waals surface area contributed by atoms with Crippen LogP contribution in [0.15, 0.2) is 78.9 Å². The number of para-hydroxylation sites is 2. The van der Waals surface area contributed by atoms with Crippen LogP contribution in [-0.4, -0.2) is 19.2 Å². The summed E-state index contributed by atoms with van der Waals surface area (Å²) in [7, 11) is 0. The Kier molecular flexibility index (Phi) is 6.01. The van der Waals surface area contributed by atoms with Crippen LogP contribution in [0.4, 0.5) is 16.2 Å². The molecule has 1 atom stereocenters. The molecule has 3 aromatic rings. The molecule has 4 nitrogen and oxygen atoms in total. The Bertz CT molecular complexity index is 960. The van der Waals surface area contributed by atoms with E-state index in [4.69, 9.17) is 16.3 Å². The first-order valence-corrected chi connectivity index (χ1v) is 10.2. The molecule has 0 saturated carbocycles. The lowest BCUT2D eigenvalue weighted by Gasteiger charge is -2.34. The number of hydrogen-bond donors (Lipinski definition) is 1. The number of benzene rings is 3. The van der Waals surface area contributed by atoms with Crippen LogP contribution in [0, 0.1) is 0 Å². The lowest BCUT2D eigenvalue weighted by atomic mass is 10.0. The number of halogens is 1. The minimum atomic E-state index is -0.471. The third kappa shape index (κ3) is 4.90. The van der Waals surface area contributed by atoms with Gasteiger partial charge in [0, 0.05) is 22.9 Å². The van der Waals surface area contributed by atoms with Crippen molar-refractivity contribution in [3.63, 3.8) is 0 Å². The highest BCUT2D eigenvalue weighted by Gasteiger charge is 2.24. The number of ether oxygens (including phenoxy) is 1. The average molecular weight is 407 g/mol. The van der Waals surface area contributed by atoms with Crippen molar-refractivity contribution in [3.05, 3.63) is 95.0 Å². The molecule has 0 saturated heterocycles. The van der Waals surface area contributed by atoms with Gasteiger partial charge in [-0.1, -0.05) is 60.1 Å². The molecule has 3 aromatic carbocycles. The predicted molar refractivity (Wildman–Crippen MR) is 118 cm³/mol. The summed E-state index contributed by atoms with van der Waals surface area (Å²) in [5.74, 6) is 0. The number of anilines is 2. The predicted octanol–water partition coefficient (Wildman–Crippen LogP) is 6.08. The van der Waals surface area contributed by atoms with Crippen LogP contribution in [-0.2, 0) is 11.2 Å². The SMILES string of the molecule is O=C(Nc1ccccc1)OC(CN1CCCc2ccccc21)c1ccc(Cl)cc1. The van der Waals surface area contributed by atoms with Gasteiger partial charge in [0.05, 0.1) is 6.54 Å². The second-order valence-corrected chi connectivity index (χ2v) is 7.55. The van der Waals surface area contributed by atoms with E-state index in [9.17, 15) is 4.79 Å². The fourth-order valence-corrected chi connectivity index (χ4v) is 3.81. The van der Waals surface area contributed by atoms with Crippen LogP contribution >= 0.6 is 11.6 Å². The van der Waals surface area contributed by atoms with Crippen molar-refractivity contribution in [3.8, 4) is 0 Å². The standard InChI is InChI=1S/C24H23ClN2O2/c25-20-14-12-19(13-15-20)23(29-24(28)26-21-9-2-1-3-10-21)17-27-16-6-8-18-7-4-5-11-22(18)27/h1-5,7,9-15,23H,6,8,16-17H2,(H,26,28). The molecule has 5 heteroatoms. The Morgan fingerprint density at radius 1 is 1.00 bits per heavy atom. The highest BCUT2D eigenvalue weighted by atomic mass is 35.5. The van der Waals surface area contributed by atoms with Gasteiger partial charge in [-0.05, 0) is 54.3 Å². The Labute approximate surface area is 176 Å². The van der Waals surface area contributed by atoms with Crippen molar-refractivity contribution in [1.82, 2.24) is 0 Å². The molecule has 1 aliphatic rings. The Morgan fingerprint density at radius 3 is 2.52 bits per heavy atom. The van der Waals surface area contributed by atoms with Crippen molar-refractivity contribution >= 4 is 29.1 Å². The van der Waals surface area contributed by atoms with Crippen LogP contribution in [0.3, 0.4) is 0 Å². The van der Waals surface area contributed by atoms with Gasteiger partial charge in [0.15, 0.2) is 0 Å². The molecule has 1 unspecified atom stereocenters. The maximum atomic E-state index is 12.6. The molecule has 0 aliphatic carbocycles. The first-order chi connectivity index (χ1) is 14.2. The lowest BCUT2D eigenvalue weighted by molar-refractivity contribution is 0.114. The summed E-state index contributed by atoms with van der Waals surface area (Å²) >= 11 is 6.06. The number of aryl methyl sites for hydroxylation is 1. The summed E-state index contributed by atoms with van der Waals surface area (Å²) in [5, 5.41) is 3.46. The molecule has 1 N–H and O–H groups in total. The van der Waals surface area contributed by atoms with Gasteiger partial charge in [0.2, 0.25) is 0 Å². The molecular formula is C24H23ClN2O2. The normalized spacial score (nSPS) is 14.0. The molecule has 1 amide bonds. The van der Waals surface area contributed by atoms with E-state index in [2.05, 4.69) is 34.5 Å². The zero-order valence-electron chi connectivity index (χ0n) is 16.1. The first kappa shape index (κ1) is 19.3. The van der Waals surface area contributed by atoms with Gasteiger partial charge in [0.1, 0.15) is 6.10 Å². The smallest absolute Gasteiger partial charge is 0.412 e. The average Bonchev–Trinajstić information content (AvgIpc) is 2.75. The Hall–Kier alpha value is -2.98. The van der Waals surface area contributed by atoms with Gasteiger partial charge in [-0.2, -0.15) is 0 Å². The van der Waals surface area contributed by atoms with Crippen molar-refractivity contribution in [1.29, 1.82) is 0 Å². The quantitative estimate of drug-likeness (QED) is 0.558. The number of nitrogens with one attached hydrogen (secondary N) is 1. The highest BCUT2D eigenvalue weighted by molar-refractivity contribution is 6.30. The molecule has 4 rings (SSSR count). The van der Waals surface area contributed by atoms with Gasteiger partial charge in [-0.3, -0.25) is 5.32 Å². The van der Waals surface area contributed by atoms with Crippen LogP contribution in [0.2, 0.25) is 5.02 Å². The zero-order chi connectivity index (χ0) is 20.1. The fraction of sp³-hybridized carbons (Fsp3) is 0.208. The van der Waals surface area contributed by atoms with E-state index in [1.165, 1.54) is 11.3 Å². The molecule has 0 radical (unpaired) electrons.